The number of fused-ring (bicyclic) bond motifs is 1. The van der Waals surface area contributed by atoms with E-state index in [9.17, 15) is 0 Å². The number of rotatable bonds is 5. The van der Waals surface area contributed by atoms with Gasteiger partial charge in [0, 0.05) is 22.4 Å². The molecule has 1 aromatic heterocycles. The summed E-state index contributed by atoms with van der Waals surface area (Å²) in [6.07, 6.45) is -0.0402. The van der Waals surface area contributed by atoms with Crippen LogP contribution in [-0.4, -0.2) is 29.6 Å². The number of hydrogen-bond donors (Lipinski definition) is 2. The maximum Gasteiger partial charge on any atom is 0.184 e. The van der Waals surface area contributed by atoms with E-state index < -0.39 is 0 Å². The molecule has 0 unspecified atom stereocenters. The topological polar surface area (TPSA) is 69.0 Å². The third-order valence-electron chi connectivity index (χ3n) is 5.71. The van der Waals surface area contributed by atoms with Crippen LogP contribution in [0, 0.1) is 13.8 Å². The van der Waals surface area contributed by atoms with Crippen molar-refractivity contribution < 1.29 is 14.2 Å². The lowest BCUT2D eigenvalue weighted by atomic mass is 10.2. The van der Waals surface area contributed by atoms with Gasteiger partial charge >= 0.3 is 0 Å². The van der Waals surface area contributed by atoms with E-state index in [2.05, 4.69) is 45.7 Å². The van der Waals surface area contributed by atoms with Crippen molar-refractivity contribution in [3.63, 3.8) is 0 Å². The average Bonchev–Trinajstić information content (AvgIpc) is 3.13. The van der Waals surface area contributed by atoms with Gasteiger partial charge in [0.15, 0.2) is 22.8 Å². The first-order valence-corrected chi connectivity index (χ1v) is 11.7. The molecule has 0 radical (unpaired) electrons. The number of aryl methyl sites for hydroxylation is 1. The first-order valence-electron chi connectivity index (χ1n) is 10.8. The molecule has 1 atom stereocenters. The van der Waals surface area contributed by atoms with Crippen molar-refractivity contribution in [2.24, 2.45) is 4.99 Å². The number of para-hydroxylation sites is 2. The van der Waals surface area contributed by atoms with Gasteiger partial charge in [-0.3, -0.25) is 10.9 Å². The number of hydrogen-bond acceptors (Lipinski definition) is 6. The summed E-state index contributed by atoms with van der Waals surface area (Å²) >= 11 is 1.55. The Labute approximate surface area is 197 Å². The van der Waals surface area contributed by atoms with Gasteiger partial charge in [0.2, 0.25) is 0 Å². The first kappa shape index (κ1) is 21.3. The number of benzene rings is 2. The molecule has 0 spiro atoms. The number of hydrazine groups is 1. The van der Waals surface area contributed by atoms with Crippen LogP contribution in [0.15, 0.2) is 65.0 Å². The number of thioether (sulfide) groups is 1. The molecule has 0 aliphatic carbocycles. The third-order valence-corrected chi connectivity index (χ3v) is 6.48. The van der Waals surface area contributed by atoms with Gasteiger partial charge in [-0.05, 0) is 56.3 Å². The Balaban J connectivity index is 1.29. The van der Waals surface area contributed by atoms with Crippen LogP contribution in [0.1, 0.15) is 17.0 Å². The SMILES string of the molecule is COc1ccc(N=C2NNC(c3cc(C)n(C[C@@H]4COc5ccccc5O4)c3C)=CS2)cc1. The van der Waals surface area contributed by atoms with Gasteiger partial charge in [-0.25, -0.2) is 4.99 Å². The molecule has 3 aromatic rings. The van der Waals surface area contributed by atoms with Crippen molar-refractivity contribution >= 4 is 28.3 Å². The molecule has 8 heteroatoms. The highest BCUT2D eigenvalue weighted by molar-refractivity contribution is 8.16. The average molecular weight is 463 g/mol. The fourth-order valence-corrected chi connectivity index (χ4v) is 4.65. The molecule has 7 nitrogen and oxygen atoms in total. The van der Waals surface area contributed by atoms with Crippen molar-refractivity contribution in [1.29, 1.82) is 0 Å². The second-order valence-electron chi connectivity index (χ2n) is 7.91. The maximum atomic E-state index is 6.17. The van der Waals surface area contributed by atoms with Crippen molar-refractivity contribution in [2.75, 3.05) is 13.7 Å². The van der Waals surface area contributed by atoms with Gasteiger partial charge in [-0.2, -0.15) is 0 Å². The fourth-order valence-electron chi connectivity index (χ4n) is 3.97. The van der Waals surface area contributed by atoms with Crippen LogP contribution in [0.25, 0.3) is 5.70 Å². The number of nitrogens with zero attached hydrogens (tertiary/aromatic N) is 2. The lowest BCUT2D eigenvalue weighted by Gasteiger charge is -2.27. The molecule has 0 saturated carbocycles. The minimum absolute atomic E-state index is 0.0402. The van der Waals surface area contributed by atoms with E-state index in [4.69, 9.17) is 14.2 Å². The summed E-state index contributed by atoms with van der Waals surface area (Å²) in [7, 11) is 1.65. The molecular formula is C25H26N4O3S. The molecular weight excluding hydrogens is 436 g/mol. The van der Waals surface area contributed by atoms with Crippen molar-refractivity contribution in [3.05, 3.63) is 77.0 Å². The van der Waals surface area contributed by atoms with Crippen LogP contribution in [0.2, 0.25) is 0 Å². The number of amidine groups is 1. The fraction of sp³-hybridized carbons (Fsp3) is 0.240. The Kier molecular flexibility index (Phi) is 5.92. The third kappa shape index (κ3) is 4.52. The Hall–Kier alpha value is -3.52. The normalized spacial score (nSPS) is 18.3. The molecule has 0 bridgehead atoms. The molecule has 2 N–H and O–H groups in total. The van der Waals surface area contributed by atoms with Crippen molar-refractivity contribution in [1.82, 2.24) is 15.4 Å². The Morgan fingerprint density at radius 1 is 1.09 bits per heavy atom. The molecule has 2 aliphatic heterocycles. The van der Waals surface area contributed by atoms with Crippen LogP contribution in [-0.2, 0) is 6.54 Å². The number of methoxy groups -OCH3 is 1. The summed E-state index contributed by atoms with van der Waals surface area (Å²) in [5, 5.41) is 2.87. The van der Waals surface area contributed by atoms with E-state index in [0.717, 1.165) is 45.9 Å². The monoisotopic (exact) mass is 462 g/mol. The molecule has 0 fully saturated rings. The molecule has 3 heterocycles. The molecule has 170 valence electrons. The largest absolute Gasteiger partial charge is 0.497 e. The lowest BCUT2D eigenvalue weighted by Crippen LogP contribution is -2.37. The minimum Gasteiger partial charge on any atom is -0.497 e. The molecule has 0 saturated heterocycles. The van der Waals surface area contributed by atoms with Crippen LogP contribution >= 0.6 is 11.8 Å². The molecule has 5 rings (SSSR count). The van der Waals surface area contributed by atoms with E-state index >= 15 is 0 Å². The highest BCUT2D eigenvalue weighted by atomic mass is 32.2. The minimum atomic E-state index is -0.0402. The van der Waals surface area contributed by atoms with E-state index in [0.29, 0.717) is 6.61 Å². The molecule has 33 heavy (non-hydrogen) atoms. The van der Waals surface area contributed by atoms with Gasteiger partial charge in [-0.15, -0.1) is 0 Å². The van der Waals surface area contributed by atoms with Gasteiger partial charge in [0.25, 0.3) is 0 Å². The standard InChI is InChI=1S/C25H26N4O3S/c1-16-12-21(17(2)29(16)13-20-14-31-23-6-4-5-7-24(23)32-20)22-15-33-25(28-27-22)26-18-8-10-19(30-3)11-9-18/h4-12,15,20,27H,13-14H2,1-3H3,(H,26,28)/t20-/m1/s1. The summed E-state index contributed by atoms with van der Waals surface area (Å²) in [4.78, 5) is 4.63. The van der Waals surface area contributed by atoms with Gasteiger partial charge in [-0.1, -0.05) is 23.9 Å². The van der Waals surface area contributed by atoms with Gasteiger partial charge < -0.3 is 18.8 Å². The number of ether oxygens (including phenoxy) is 3. The maximum absolute atomic E-state index is 6.17. The summed E-state index contributed by atoms with van der Waals surface area (Å²) in [5.41, 5.74) is 11.9. The lowest BCUT2D eigenvalue weighted by molar-refractivity contribution is 0.0778. The second kappa shape index (κ2) is 9.15. The second-order valence-corrected chi connectivity index (χ2v) is 8.77. The smallest absolute Gasteiger partial charge is 0.184 e. The number of aliphatic imine (C=N–C) groups is 1. The van der Waals surface area contributed by atoms with E-state index in [-0.39, 0.29) is 6.10 Å². The van der Waals surface area contributed by atoms with Crippen LogP contribution in [0.5, 0.6) is 17.2 Å². The summed E-state index contributed by atoms with van der Waals surface area (Å²) in [6, 6.07) is 17.7. The Bertz CT molecular complexity index is 1220. The summed E-state index contributed by atoms with van der Waals surface area (Å²) in [5.74, 6) is 2.42. The predicted molar refractivity (Wildman–Crippen MR) is 132 cm³/mol. The van der Waals surface area contributed by atoms with Crippen LogP contribution < -0.4 is 25.1 Å². The summed E-state index contributed by atoms with van der Waals surface area (Å²) in [6.45, 7) is 5.51. The molecule has 2 aliphatic rings. The Morgan fingerprint density at radius 2 is 1.88 bits per heavy atom. The van der Waals surface area contributed by atoms with Crippen LogP contribution in [0.4, 0.5) is 5.69 Å². The molecule has 0 amide bonds. The van der Waals surface area contributed by atoms with Crippen molar-refractivity contribution in [2.45, 2.75) is 26.5 Å². The van der Waals surface area contributed by atoms with Crippen molar-refractivity contribution in [3.8, 4) is 17.2 Å². The predicted octanol–water partition coefficient (Wildman–Crippen LogP) is 4.78. The summed E-state index contributed by atoms with van der Waals surface area (Å²) < 4.78 is 19.5. The van der Waals surface area contributed by atoms with E-state index in [1.807, 2.05) is 48.5 Å². The number of nitrogens with one attached hydrogen (secondary N) is 2. The zero-order chi connectivity index (χ0) is 22.8. The highest BCUT2D eigenvalue weighted by Gasteiger charge is 2.24. The van der Waals surface area contributed by atoms with Gasteiger partial charge in [0.1, 0.15) is 12.4 Å². The Morgan fingerprint density at radius 3 is 2.61 bits per heavy atom. The highest BCUT2D eigenvalue weighted by Crippen LogP contribution is 2.32. The van der Waals surface area contributed by atoms with Gasteiger partial charge in [0.05, 0.1) is 25.0 Å². The quantitative estimate of drug-likeness (QED) is 0.569. The van der Waals surface area contributed by atoms with E-state index in [1.54, 1.807) is 18.9 Å². The first-order chi connectivity index (χ1) is 16.1. The zero-order valence-corrected chi connectivity index (χ0v) is 19.6. The molecule has 2 aromatic carbocycles. The number of aromatic nitrogens is 1. The van der Waals surface area contributed by atoms with E-state index in [1.165, 1.54) is 11.4 Å². The van der Waals surface area contributed by atoms with Crippen LogP contribution in [0.3, 0.4) is 0 Å². The zero-order valence-electron chi connectivity index (χ0n) is 18.8.